The molecule has 1 unspecified atom stereocenters. The second-order valence-electron chi connectivity index (χ2n) is 7.48. The van der Waals surface area contributed by atoms with Crippen LogP contribution in [0.4, 0.5) is 11.4 Å². The average molecular weight is 383 g/mol. The van der Waals surface area contributed by atoms with Crippen LogP contribution >= 0.6 is 0 Å². The summed E-state index contributed by atoms with van der Waals surface area (Å²) in [7, 11) is 1.88. The largest absolute Gasteiger partial charge is 0.321 e. The lowest BCUT2D eigenvalue weighted by molar-refractivity contribution is -0.885. The molecule has 0 aliphatic heterocycles. The average Bonchev–Trinajstić information content (AvgIpc) is 2.65. The number of carbonyl (C=O) groups is 2. The van der Waals surface area contributed by atoms with Crippen molar-refractivity contribution < 1.29 is 14.5 Å². The molecular formula is C23H32N3O2+. The number of aryl methyl sites for hydroxylation is 3. The first-order valence-corrected chi connectivity index (χ1v) is 9.81. The van der Waals surface area contributed by atoms with Crippen LogP contribution < -0.4 is 15.1 Å². The molecule has 0 radical (unpaired) electrons. The van der Waals surface area contributed by atoms with Crippen molar-refractivity contribution in [2.24, 2.45) is 0 Å². The van der Waals surface area contributed by atoms with Crippen molar-refractivity contribution in [3.05, 3.63) is 59.2 Å². The summed E-state index contributed by atoms with van der Waals surface area (Å²) in [5.74, 6) is -0.0725. The van der Waals surface area contributed by atoms with Gasteiger partial charge in [-0.1, -0.05) is 35.9 Å². The number of carbonyl (C=O) groups excluding carboxylic acids is 2. The van der Waals surface area contributed by atoms with E-state index in [1.54, 1.807) is 4.90 Å². The Hall–Kier alpha value is -2.66. The van der Waals surface area contributed by atoms with Gasteiger partial charge < -0.3 is 15.1 Å². The number of amides is 2. The lowest BCUT2D eigenvalue weighted by atomic mass is 10.1. The van der Waals surface area contributed by atoms with Crippen LogP contribution in [0.3, 0.4) is 0 Å². The molecule has 2 N–H and O–H groups in total. The highest BCUT2D eigenvalue weighted by Gasteiger charge is 2.28. The van der Waals surface area contributed by atoms with E-state index in [4.69, 9.17) is 0 Å². The van der Waals surface area contributed by atoms with Crippen LogP contribution in [0.2, 0.25) is 0 Å². The first kappa shape index (κ1) is 21.6. The smallest absolute Gasteiger partial charge is 0.284 e. The molecular weight excluding hydrogens is 350 g/mol. The maximum absolute atomic E-state index is 13.0. The number of hydrogen-bond donors (Lipinski definition) is 2. The fourth-order valence-corrected chi connectivity index (χ4v) is 3.49. The van der Waals surface area contributed by atoms with Gasteiger partial charge in [-0.3, -0.25) is 9.59 Å². The monoisotopic (exact) mass is 382 g/mol. The van der Waals surface area contributed by atoms with E-state index in [9.17, 15) is 9.59 Å². The molecule has 0 bridgehead atoms. The van der Waals surface area contributed by atoms with Crippen LogP contribution in [0, 0.1) is 20.8 Å². The summed E-state index contributed by atoms with van der Waals surface area (Å²) in [5, 5.41) is 3.02. The van der Waals surface area contributed by atoms with E-state index in [0.29, 0.717) is 6.54 Å². The summed E-state index contributed by atoms with van der Waals surface area (Å²) < 4.78 is 0. The zero-order valence-electron chi connectivity index (χ0n) is 17.8. The molecule has 2 atom stereocenters. The Kier molecular flexibility index (Phi) is 7.35. The normalized spacial score (nSPS) is 12.9. The zero-order valence-corrected chi connectivity index (χ0v) is 17.8. The molecule has 2 aromatic carbocycles. The van der Waals surface area contributed by atoms with Crippen molar-refractivity contribution in [1.82, 2.24) is 0 Å². The van der Waals surface area contributed by atoms with Gasteiger partial charge in [0.2, 0.25) is 0 Å². The number of likely N-dealkylation sites (N-methyl/N-ethyl adjacent to an activating group) is 2. The zero-order chi connectivity index (χ0) is 20.8. The molecule has 0 fully saturated rings. The molecule has 5 heteroatoms. The molecule has 0 heterocycles. The van der Waals surface area contributed by atoms with Crippen molar-refractivity contribution >= 4 is 23.2 Å². The van der Waals surface area contributed by atoms with E-state index in [-0.39, 0.29) is 24.4 Å². The number of nitrogens with one attached hydrogen (secondary N) is 2. The molecule has 5 nitrogen and oxygen atoms in total. The van der Waals surface area contributed by atoms with Gasteiger partial charge in [-0.05, 0) is 57.9 Å². The molecule has 0 saturated heterocycles. The Morgan fingerprint density at radius 1 is 1.07 bits per heavy atom. The summed E-state index contributed by atoms with van der Waals surface area (Å²) in [5.41, 5.74) is 5.02. The third-order valence-corrected chi connectivity index (χ3v) is 5.14. The minimum Gasteiger partial charge on any atom is -0.321 e. The van der Waals surface area contributed by atoms with Crippen LogP contribution in [-0.2, 0) is 9.59 Å². The number of anilines is 2. The van der Waals surface area contributed by atoms with Gasteiger partial charge in [-0.15, -0.1) is 0 Å². The SMILES string of the molecule is CCN(C(=O)[C@@H](C)[NH+](C)CC(=O)Nc1c(C)cc(C)cc1C)c1ccccc1. The third kappa shape index (κ3) is 5.20. The second-order valence-corrected chi connectivity index (χ2v) is 7.48. The van der Waals surface area contributed by atoms with E-state index in [1.165, 1.54) is 5.56 Å². The lowest BCUT2D eigenvalue weighted by Crippen LogP contribution is -3.15. The third-order valence-electron chi connectivity index (χ3n) is 5.14. The first-order chi connectivity index (χ1) is 13.2. The van der Waals surface area contributed by atoms with E-state index < -0.39 is 0 Å². The lowest BCUT2D eigenvalue weighted by Gasteiger charge is -2.27. The van der Waals surface area contributed by atoms with Crippen LogP contribution in [-0.4, -0.2) is 38.0 Å². The minimum atomic E-state index is -0.328. The van der Waals surface area contributed by atoms with Crippen LogP contribution in [0.1, 0.15) is 30.5 Å². The van der Waals surface area contributed by atoms with Crippen molar-refractivity contribution in [2.75, 3.05) is 30.4 Å². The quantitative estimate of drug-likeness (QED) is 0.773. The number of para-hydroxylation sites is 1. The van der Waals surface area contributed by atoms with E-state index >= 15 is 0 Å². The predicted octanol–water partition coefficient (Wildman–Crippen LogP) is 2.51. The fraction of sp³-hybridized carbons (Fsp3) is 0.391. The molecule has 28 heavy (non-hydrogen) atoms. The van der Waals surface area contributed by atoms with Crippen LogP contribution in [0.25, 0.3) is 0 Å². The van der Waals surface area contributed by atoms with Gasteiger partial charge in [-0.2, -0.15) is 0 Å². The number of nitrogens with zero attached hydrogens (tertiary/aromatic N) is 1. The maximum atomic E-state index is 13.0. The molecule has 2 aromatic rings. The number of hydrogen-bond acceptors (Lipinski definition) is 2. The Bertz CT molecular complexity index is 810. The highest BCUT2D eigenvalue weighted by molar-refractivity contribution is 5.96. The van der Waals surface area contributed by atoms with Gasteiger partial charge in [0, 0.05) is 17.9 Å². The summed E-state index contributed by atoms with van der Waals surface area (Å²) >= 11 is 0. The maximum Gasteiger partial charge on any atom is 0.284 e. The van der Waals surface area contributed by atoms with E-state index in [1.807, 2.05) is 72.0 Å². The molecule has 0 spiro atoms. The van der Waals surface area contributed by atoms with Gasteiger partial charge in [0.1, 0.15) is 0 Å². The minimum absolute atomic E-state index is 0.0155. The predicted molar refractivity (Wildman–Crippen MR) is 115 cm³/mol. The Morgan fingerprint density at radius 3 is 2.18 bits per heavy atom. The molecule has 150 valence electrons. The van der Waals surface area contributed by atoms with Crippen molar-refractivity contribution in [3.8, 4) is 0 Å². The summed E-state index contributed by atoms with van der Waals surface area (Å²) in [4.78, 5) is 28.2. The Morgan fingerprint density at radius 2 is 1.64 bits per heavy atom. The standard InChI is InChI=1S/C23H31N3O2/c1-7-26(20-11-9-8-10-12-20)23(28)19(5)25(6)15-21(27)24-22-17(3)13-16(2)14-18(22)4/h8-14,19H,7,15H2,1-6H3,(H,24,27)/p+1/t19-/m1/s1. The van der Waals surface area contributed by atoms with E-state index in [2.05, 4.69) is 17.4 Å². The van der Waals surface area contributed by atoms with Crippen molar-refractivity contribution in [1.29, 1.82) is 0 Å². The fourth-order valence-electron chi connectivity index (χ4n) is 3.49. The number of quaternary nitrogens is 1. The molecule has 2 amide bonds. The van der Waals surface area contributed by atoms with Gasteiger partial charge in [0.05, 0.1) is 7.05 Å². The number of rotatable bonds is 7. The van der Waals surface area contributed by atoms with Crippen LogP contribution in [0.5, 0.6) is 0 Å². The van der Waals surface area contributed by atoms with E-state index in [0.717, 1.165) is 27.4 Å². The summed E-state index contributed by atoms with van der Waals surface area (Å²) in [6.45, 7) is 10.7. The molecule has 0 saturated carbocycles. The van der Waals surface area contributed by atoms with Crippen molar-refractivity contribution in [2.45, 2.75) is 40.7 Å². The topological polar surface area (TPSA) is 53.9 Å². The first-order valence-electron chi connectivity index (χ1n) is 9.81. The van der Waals surface area contributed by atoms with Gasteiger partial charge in [0.15, 0.2) is 12.6 Å². The molecule has 0 aliphatic carbocycles. The molecule has 0 aromatic heterocycles. The summed E-state index contributed by atoms with van der Waals surface area (Å²) in [6, 6.07) is 13.4. The number of benzene rings is 2. The Labute approximate surface area is 168 Å². The second kappa shape index (κ2) is 9.51. The van der Waals surface area contributed by atoms with Gasteiger partial charge >= 0.3 is 0 Å². The highest BCUT2D eigenvalue weighted by atomic mass is 16.2. The molecule has 0 aliphatic rings. The van der Waals surface area contributed by atoms with Gasteiger partial charge in [-0.25, -0.2) is 0 Å². The van der Waals surface area contributed by atoms with Crippen molar-refractivity contribution in [3.63, 3.8) is 0 Å². The molecule has 2 rings (SSSR count). The summed E-state index contributed by atoms with van der Waals surface area (Å²) in [6.07, 6.45) is 0. The Balaban J connectivity index is 2.04. The highest BCUT2D eigenvalue weighted by Crippen LogP contribution is 2.21. The van der Waals surface area contributed by atoms with Gasteiger partial charge in [0.25, 0.3) is 11.8 Å². The van der Waals surface area contributed by atoms with Crippen LogP contribution in [0.15, 0.2) is 42.5 Å².